The summed E-state index contributed by atoms with van der Waals surface area (Å²) < 4.78 is 22.5. The van der Waals surface area contributed by atoms with Crippen LogP contribution in [0.2, 0.25) is 0 Å². The maximum Gasteiger partial charge on any atom is 0.335 e. The average molecular weight is 336 g/mol. The third-order valence-corrected chi connectivity index (χ3v) is 4.16. The van der Waals surface area contributed by atoms with Gasteiger partial charge in [0.2, 0.25) is 10.0 Å². The summed E-state index contributed by atoms with van der Waals surface area (Å²) in [5.41, 5.74) is 1.03. The van der Waals surface area contributed by atoms with Crippen LogP contribution in [0.1, 0.15) is 11.6 Å². The fourth-order valence-corrected chi connectivity index (χ4v) is 2.58. The number of aliphatic hydroxyl groups is 1. The summed E-state index contributed by atoms with van der Waals surface area (Å²) in [5.74, 6) is -1.37. The van der Waals surface area contributed by atoms with Crippen LogP contribution in [0.4, 0.5) is 5.69 Å². The van der Waals surface area contributed by atoms with Gasteiger partial charge in [0.05, 0.1) is 10.9 Å². The third-order valence-electron chi connectivity index (χ3n) is 3.23. The fourth-order valence-electron chi connectivity index (χ4n) is 2.07. The first-order chi connectivity index (χ1) is 10.8. The summed E-state index contributed by atoms with van der Waals surface area (Å²) >= 11 is 0. The van der Waals surface area contributed by atoms with Crippen molar-refractivity contribution >= 4 is 21.7 Å². The molecule has 23 heavy (non-hydrogen) atoms. The maximum absolute atomic E-state index is 11.2. The molecule has 2 aromatic rings. The zero-order chi connectivity index (χ0) is 17.0. The van der Waals surface area contributed by atoms with Crippen LogP contribution in [-0.2, 0) is 14.8 Å². The van der Waals surface area contributed by atoms with Crippen LogP contribution in [0, 0.1) is 0 Å². The van der Waals surface area contributed by atoms with E-state index in [4.69, 9.17) is 10.2 Å². The van der Waals surface area contributed by atoms with Crippen molar-refractivity contribution in [2.75, 3.05) is 5.32 Å². The van der Waals surface area contributed by atoms with Gasteiger partial charge in [0.1, 0.15) is 0 Å². The van der Waals surface area contributed by atoms with E-state index >= 15 is 0 Å². The largest absolute Gasteiger partial charge is 0.479 e. The molecule has 0 heterocycles. The molecule has 0 fully saturated rings. The predicted molar refractivity (Wildman–Crippen MR) is 84.3 cm³/mol. The number of carboxylic acid groups (broad SMARTS) is 1. The lowest BCUT2D eigenvalue weighted by Crippen LogP contribution is -2.32. The number of carbonyl (C=O) groups is 1. The second-order valence-corrected chi connectivity index (χ2v) is 6.45. The van der Waals surface area contributed by atoms with E-state index in [9.17, 15) is 18.3 Å². The number of nitrogens with two attached hydrogens (primary N) is 1. The van der Waals surface area contributed by atoms with Gasteiger partial charge in [-0.3, -0.25) is 0 Å². The number of rotatable bonds is 6. The molecule has 0 spiro atoms. The first-order valence-electron chi connectivity index (χ1n) is 6.64. The molecule has 0 aliphatic heterocycles. The van der Waals surface area contributed by atoms with Crippen molar-refractivity contribution in [2.24, 2.45) is 5.14 Å². The molecule has 122 valence electrons. The average Bonchev–Trinajstić information content (AvgIpc) is 2.52. The van der Waals surface area contributed by atoms with Crippen molar-refractivity contribution in [3.8, 4) is 0 Å². The molecule has 8 heteroatoms. The normalized spacial score (nSPS) is 14.0. The van der Waals surface area contributed by atoms with Crippen LogP contribution in [0.3, 0.4) is 0 Å². The number of aliphatic carboxylic acids is 1. The van der Waals surface area contributed by atoms with Crippen molar-refractivity contribution in [2.45, 2.75) is 17.0 Å². The number of aliphatic hydroxyl groups excluding tert-OH is 1. The van der Waals surface area contributed by atoms with Crippen LogP contribution in [0.15, 0.2) is 59.5 Å². The zero-order valence-corrected chi connectivity index (χ0v) is 12.8. The molecule has 5 N–H and O–H groups in total. The Labute approximate surface area is 133 Å². The minimum atomic E-state index is -3.80. The molecule has 0 unspecified atom stereocenters. The Balaban J connectivity index is 2.29. The Bertz CT molecular complexity index is 775. The summed E-state index contributed by atoms with van der Waals surface area (Å²) in [6.45, 7) is 0. The molecular weight excluding hydrogens is 320 g/mol. The number of primary sulfonamides is 1. The summed E-state index contributed by atoms with van der Waals surface area (Å²) in [5, 5.41) is 26.9. The quantitative estimate of drug-likeness (QED) is 0.621. The van der Waals surface area contributed by atoms with Crippen molar-refractivity contribution < 1.29 is 23.4 Å². The Morgan fingerprint density at radius 2 is 1.61 bits per heavy atom. The van der Waals surface area contributed by atoms with Crippen molar-refractivity contribution in [3.63, 3.8) is 0 Å². The Morgan fingerprint density at radius 3 is 2.09 bits per heavy atom. The van der Waals surface area contributed by atoms with E-state index in [-0.39, 0.29) is 4.90 Å². The molecule has 2 rings (SSSR count). The Kier molecular flexibility index (Phi) is 4.99. The van der Waals surface area contributed by atoms with Gasteiger partial charge in [0, 0.05) is 5.69 Å². The summed E-state index contributed by atoms with van der Waals surface area (Å²) in [4.78, 5) is 11.0. The van der Waals surface area contributed by atoms with Crippen molar-refractivity contribution in [1.82, 2.24) is 0 Å². The van der Waals surface area contributed by atoms with Gasteiger partial charge < -0.3 is 15.5 Å². The first kappa shape index (κ1) is 16.9. The second kappa shape index (κ2) is 6.78. The highest BCUT2D eigenvalue weighted by atomic mass is 32.2. The minimum absolute atomic E-state index is 0.0573. The summed E-state index contributed by atoms with van der Waals surface area (Å²) in [7, 11) is -3.80. The van der Waals surface area contributed by atoms with Crippen molar-refractivity contribution in [1.29, 1.82) is 0 Å². The zero-order valence-electron chi connectivity index (χ0n) is 12.0. The van der Waals surface area contributed by atoms with Gasteiger partial charge in [0.15, 0.2) is 6.10 Å². The molecule has 0 aliphatic rings. The summed E-state index contributed by atoms with van der Waals surface area (Å²) in [6.07, 6.45) is -1.67. The van der Waals surface area contributed by atoms with Gasteiger partial charge in [-0.2, -0.15) is 0 Å². The topological polar surface area (TPSA) is 130 Å². The molecule has 0 amide bonds. The van der Waals surface area contributed by atoms with E-state index in [1.165, 1.54) is 24.3 Å². The van der Waals surface area contributed by atoms with E-state index in [0.29, 0.717) is 11.3 Å². The molecular formula is C15H16N2O5S. The van der Waals surface area contributed by atoms with Gasteiger partial charge >= 0.3 is 5.97 Å². The molecule has 0 aliphatic carbocycles. The number of nitrogens with one attached hydrogen (secondary N) is 1. The summed E-state index contributed by atoms with van der Waals surface area (Å²) in [6, 6.07) is 13.2. The number of hydrogen-bond acceptors (Lipinski definition) is 5. The molecule has 2 aromatic carbocycles. The lowest BCUT2D eigenvalue weighted by Gasteiger charge is -2.23. The van der Waals surface area contributed by atoms with Crippen LogP contribution in [-0.4, -0.2) is 30.7 Å². The molecule has 0 radical (unpaired) electrons. The SMILES string of the molecule is NS(=O)(=O)c1ccc(N[C@H](c2ccccc2)[C@@H](O)C(=O)O)cc1. The molecule has 7 nitrogen and oxygen atoms in total. The molecule has 0 saturated carbocycles. The maximum atomic E-state index is 11.2. The predicted octanol–water partition coefficient (Wildman–Crippen LogP) is 0.933. The lowest BCUT2D eigenvalue weighted by atomic mass is 10.0. The van der Waals surface area contributed by atoms with Crippen molar-refractivity contribution in [3.05, 3.63) is 60.2 Å². The van der Waals surface area contributed by atoms with E-state index in [1.807, 2.05) is 0 Å². The number of hydrogen-bond donors (Lipinski definition) is 4. The van der Waals surface area contributed by atoms with E-state index in [0.717, 1.165) is 0 Å². The standard InChI is InChI=1S/C15H16N2O5S/c16-23(21,22)12-8-6-11(7-9-12)17-13(14(18)15(19)20)10-4-2-1-3-5-10/h1-9,13-14,17-18H,(H,19,20)(H2,16,21,22)/t13-,14-/m1/s1. The number of sulfonamides is 1. The fraction of sp³-hybridized carbons (Fsp3) is 0.133. The van der Waals surface area contributed by atoms with Crippen LogP contribution < -0.4 is 10.5 Å². The molecule has 2 atom stereocenters. The first-order valence-corrected chi connectivity index (χ1v) is 8.19. The monoisotopic (exact) mass is 336 g/mol. The minimum Gasteiger partial charge on any atom is -0.479 e. The van der Waals surface area contributed by atoms with E-state index in [2.05, 4.69) is 5.32 Å². The molecule has 0 aromatic heterocycles. The Morgan fingerprint density at radius 1 is 1.04 bits per heavy atom. The highest BCUT2D eigenvalue weighted by Crippen LogP contribution is 2.24. The van der Waals surface area contributed by atoms with Crippen LogP contribution in [0.25, 0.3) is 0 Å². The van der Waals surface area contributed by atoms with Crippen LogP contribution in [0.5, 0.6) is 0 Å². The van der Waals surface area contributed by atoms with Gasteiger partial charge in [-0.15, -0.1) is 0 Å². The lowest BCUT2D eigenvalue weighted by molar-refractivity contribution is -0.147. The molecule has 0 bridgehead atoms. The van der Waals surface area contributed by atoms with Gasteiger partial charge in [-0.1, -0.05) is 30.3 Å². The number of anilines is 1. The van der Waals surface area contributed by atoms with E-state index < -0.39 is 28.1 Å². The number of carboxylic acids is 1. The van der Waals surface area contributed by atoms with E-state index in [1.54, 1.807) is 30.3 Å². The third kappa shape index (κ3) is 4.28. The second-order valence-electron chi connectivity index (χ2n) is 4.89. The molecule has 0 saturated heterocycles. The Hall–Kier alpha value is -2.42. The highest BCUT2D eigenvalue weighted by Gasteiger charge is 2.27. The highest BCUT2D eigenvalue weighted by molar-refractivity contribution is 7.89. The van der Waals surface area contributed by atoms with Gasteiger partial charge in [-0.05, 0) is 29.8 Å². The van der Waals surface area contributed by atoms with Crippen LogP contribution >= 0.6 is 0 Å². The van der Waals surface area contributed by atoms with Gasteiger partial charge in [-0.25, -0.2) is 18.4 Å². The van der Waals surface area contributed by atoms with Gasteiger partial charge in [0.25, 0.3) is 0 Å². The smallest absolute Gasteiger partial charge is 0.335 e. The number of benzene rings is 2.